The van der Waals surface area contributed by atoms with E-state index in [0.717, 1.165) is 39.3 Å². The van der Waals surface area contributed by atoms with Crippen molar-refractivity contribution in [3.63, 3.8) is 0 Å². The summed E-state index contributed by atoms with van der Waals surface area (Å²) in [4.78, 5) is 1.36. The summed E-state index contributed by atoms with van der Waals surface area (Å²) >= 11 is 1.77. The molecule has 1 aromatic heterocycles. The van der Waals surface area contributed by atoms with Crippen molar-refractivity contribution >= 4 is 11.3 Å². The van der Waals surface area contributed by atoms with Crippen LogP contribution in [0, 0.1) is 0 Å². The molecule has 0 spiro atoms. The Morgan fingerprint density at radius 1 is 1.11 bits per heavy atom. The van der Waals surface area contributed by atoms with Gasteiger partial charge in [-0.05, 0) is 17.9 Å². The van der Waals surface area contributed by atoms with Gasteiger partial charge in [0, 0.05) is 38.3 Å². The van der Waals surface area contributed by atoms with Gasteiger partial charge in [-0.1, -0.05) is 6.07 Å². The fourth-order valence-corrected chi connectivity index (χ4v) is 2.07. The molecule has 0 amide bonds. The van der Waals surface area contributed by atoms with Gasteiger partial charge in [0.15, 0.2) is 0 Å². The van der Waals surface area contributed by atoms with E-state index in [1.54, 1.807) is 18.4 Å². The summed E-state index contributed by atoms with van der Waals surface area (Å²) in [5.74, 6) is 0. The van der Waals surface area contributed by atoms with Gasteiger partial charge in [0.1, 0.15) is 0 Å². The molecule has 18 heavy (non-hydrogen) atoms. The lowest BCUT2D eigenvalue weighted by atomic mass is 10.4. The predicted molar refractivity (Wildman–Crippen MR) is 74.2 cm³/mol. The minimum atomic E-state index is 0.660. The van der Waals surface area contributed by atoms with E-state index in [0.29, 0.717) is 13.2 Å². The quantitative estimate of drug-likeness (QED) is 0.591. The van der Waals surface area contributed by atoms with Gasteiger partial charge in [0.2, 0.25) is 0 Å². The molecule has 1 heterocycles. The molecule has 104 valence electrons. The minimum Gasteiger partial charge on any atom is -0.385 e. The van der Waals surface area contributed by atoms with Crippen LogP contribution in [0.1, 0.15) is 11.3 Å². The molecule has 4 nitrogen and oxygen atoms in total. The lowest BCUT2D eigenvalue weighted by Gasteiger charge is -2.06. The van der Waals surface area contributed by atoms with Gasteiger partial charge in [-0.3, -0.25) is 0 Å². The minimum absolute atomic E-state index is 0.660. The summed E-state index contributed by atoms with van der Waals surface area (Å²) in [6.45, 7) is 5.35. The van der Waals surface area contributed by atoms with Crippen LogP contribution in [0.4, 0.5) is 0 Å². The normalized spacial score (nSPS) is 10.9. The molecule has 0 saturated heterocycles. The molecule has 1 rings (SSSR count). The molecule has 0 aliphatic heterocycles. The van der Waals surface area contributed by atoms with Gasteiger partial charge >= 0.3 is 0 Å². The van der Waals surface area contributed by atoms with Crippen LogP contribution in [0.5, 0.6) is 0 Å². The Labute approximate surface area is 113 Å². The second-order valence-electron chi connectivity index (χ2n) is 3.83. The third kappa shape index (κ3) is 8.60. The highest BCUT2D eigenvalue weighted by atomic mass is 32.1. The maximum Gasteiger partial charge on any atom is 0.0701 e. The number of thiophene rings is 1. The first-order valence-corrected chi connectivity index (χ1v) is 7.19. The molecule has 0 atom stereocenters. The van der Waals surface area contributed by atoms with Crippen molar-refractivity contribution in [3.8, 4) is 0 Å². The molecule has 1 aromatic rings. The van der Waals surface area contributed by atoms with E-state index in [4.69, 9.17) is 14.2 Å². The molecule has 0 aliphatic rings. The smallest absolute Gasteiger partial charge is 0.0701 e. The highest BCUT2D eigenvalue weighted by Crippen LogP contribution is 2.06. The predicted octanol–water partition coefficient (Wildman–Crippen LogP) is 1.91. The van der Waals surface area contributed by atoms with Gasteiger partial charge in [-0.15, -0.1) is 11.3 Å². The number of nitrogens with one attached hydrogen (secondary N) is 1. The Kier molecular flexibility index (Phi) is 10.1. The zero-order chi connectivity index (χ0) is 12.9. The van der Waals surface area contributed by atoms with Gasteiger partial charge in [0.05, 0.1) is 19.8 Å². The fraction of sp³-hybridized carbons (Fsp3) is 0.692. The molecule has 0 aromatic carbocycles. The third-order valence-electron chi connectivity index (χ3n) is 2.31. The Hall–Kier alpha value is -0.460. The Balaban J connectivity index is 1.73. The average Bonchev–Trinajstić information content (AvgIpc) is 2.89. The van der Waals surface area contributed by atoms with Crippen molar-refractivity contribution in [1.29, 1.82) is 0 Å². The van der Waals surface area contributed by atoms with Crippen LogP contribution in [0.3, 0.4) is 0 Å². The van der Waals surface area contributed by atoms with E-state index in [-0.39, 0.29) is 0 Å². The summed E-state index contributed by atoms with van der Waals surface area (Å²) in [6.07, 6.45) is 0.943. The van der Waals surface area contributed by atoms with Crippen LogP contribution in [0.15, 0.2) is 17.5 Å². The lowest BCUT2D eigenvalue weighted by Crippen LogP contribution is -2.19. The number of methoxy groups -OCH3 is 1. The van der Waals surface area contributed by atoms with Crippen LogP contribution >= 0.6 is 11.3 Å². The highest BCUT2D eigenvalue weighted by Gasteiger charge is 1.93. The van der Waals surface area contributed by atoms with Gasteiger partial charge in [-0.2, -0.15) is 0 Å². The standard InChI is InChI=1S/C13H23NO3S/c1-15-6-3-7-16-9-10-17-8-5-14-12-13-4-2-11-18-13/h2,4,11,14H,3,5-10,12H2,1H3. The van der Waals surface area contributed by atoms with Crippen molar-refractivity contribution in [2.24, 2.45) is 0 Å². The van der Waals surface area contributed by atoms with E-state index in [1.807, 2.05) is 0 Å². The van der Waals surface area contributed by atoms with E-state index >= 15 is 0 Å². The highest BCUT2D eigenvalue weighted by molar-refractivity contribution is 7.09. The molecule has 0 fully saturated rings. The molecule has 0 bridgehead atoms. The third-order valence-corrected chi connectivity index (χ3v) is 3.19. The van der Waals surface area contributed by atoms with Crippen LogP contribution in [0.2, 0.25) is 0 Å². The fourth-order valence-electron chi connectivity index (χ4n) is 1.40. The number of hydrogen-bond acceptors (Lipinski definition) is 5. The Bertz CT molecular complexity index is 267. The van der Waals surface area contributed by atoms with Crippen LogP contribution in [-0.4, -0.2) is 46.7 Å². The lowest BCUT2D eigenvalue weighted by molar-refractivity contribution is 0.0408. The van der Waals surface area contributed by atoms with Gasteiger partial charge < -0.3 is 19.5 Å². The summed E-state index contributed by atoms with van der Waals surface area (Å²) in [5.41, 5.74) is 0. The molecular formula is C13H23NO3S. The first-order valence-electron chi connectivity index (χ1n) is 6.31. The summed E-state index contributed by atoms with van der Waals surface area (Å²) < 4.78 is 15.7. The average molecular weight is 273 g/mol. The first-order chi connectivity index (χ1) is 8.93. The zero-order valence-electron chi connectivity index (χ0n) is 11.0. The summed E-state index contributed by atoms with van der Waals surface area (Å²) in [7, 11) is 1.70. The van der Waals surface area contributed by atoms with Crippen molar-refractivity contribution in [2.75, 3.05) is 46.7 Å². The van der Waals surface area contributed by atoms with Crippen LogP contribution < -0.4 is 5.32 Å². The maximum absolute atomic E-state index is 5.44. The molecule has 0 radical (unpaired) electrons. The number of ether oxygens (including phenoxy) is 3. The Morgan fingerprint density at radius 2 is 1.94 bits per heavy atom. The van der Waals surface area contributed by atoms with E-state index in [2.05, 4.69) is 22.8 Å². The topological polar surface area (TPSA) is 39.7 Å². The first kappa shape index (κ1) is 15.6. The molecule has 5 heteroatoms. The summed E-state index contributed by atoms with van der Waals surface area (Å²) in [6, 6.07) is 4.20. The van der Waals surface area contributed by atoms with E-state index < -0.39 is 0 Å². The molecular weight excluding hydrogens is 250 g/mol. The molecule has 0 unspecified atom stereocenters. The van der Waals surface area contributed by atoms with E-state index in [1.165, 1.54) is 4.88 Å². The number of rotatable bonds is 12. The van der Waals surface area contributed by atoms with E-state index in [9.17, 15) is 0 Å². The summed E-state index contributed by atoms with van der Waals surface area (Å²) in [5, 5.41) is 5.43. The second-order valence-corrected chi connectivity index (χ2v) is 4.86. The van der Waals surface area contributed by atoms with Crippen LogP contribution in [-0.2, 0) is 20.8 Å². The second kappa shape index (κ2) is 11.6. The van der Waals surface area contributed by atoms with Crippen molar-refractivity contribution in [1.82, 2.24) is 5.32 Å². The zero-order valence-corrected chi connectivity index (χ0v) is 11.8. The molecule has 1 N–H and O–H groups in total. The molecule has 0 aliphatic carbocycles. The van der Waals surface area contributed by atoms with Crippen molar-refractivity contribution in [3.05, 3.63) is 22.4 Å². The largest absolute Gasteiger partial charge is 0.385 e. The number of hydrogen-bond donors (Lipinski definition) is 1. The van der Waals surface area contributed by atoms with Crippen LogP contribution in [0.25, 0.3) is 0 Å². The van der Waals surface area contributed by atoms with Crippen molar-refractivity contribution < 1.29 is 14.2 Å². The van der Waals surface area contributed by atoms with Gasteiger partial charge in [-0.25, -0.2) is 0 Å². The molecule has 0 saturated carbocycles. The Morgan fingerprint density at radius 3 is 2.67 bits per heavy atom. The SMILES string of the molecule is COCCCOCCOCCNCc1cccs1. The maximum atomic E-state index is 5.44. The monoisotopic (exact) mass is 273 g/mol. The van der Waals surface area contributed by atoms with Crippen molar-refractivity contribution in [2.45, 2.75) is 13.0 Å². The van der Waals surface area contributed by atoms with Gasteiger partial charge in [0.25, 0.3) is 0 Å².